The molecule has 84 valence electrons. The molecule has 0 atom stereocenters. The average molecular weight is 223 g/mol. The molecule has 0 saturated carbocycles. The lowest BCUT2D eigenvalue weighted by Crippen LogP contribution is -2.12. The highest BCUT2D eigenvalue weighted by Gasteiger charge is 2.18. The number of hydrogen-bond acceptors (Lipinski definition) is 7. The zero-order valence-corrected chi connectivity index (χ0v) is 8.21. The zero-order valence-electron chi connectivity index (χ0n) is 8.21. The van der Waals surface area contributed by atoms with Crippen LogP contribution in [0.5, 0.6) is 5.88 Å². The van der Waals surface area contributed by atoms with Gasteiger partial charge >= 0.3 is 5.69 Å². The molecule has 1 aromatic heterocycles. The number of nitrogens with two attached hydrogens (primary N) is 1. The van der Waals surface area contributed by atoms with Crippen LogP contribution in [-0.4, -0.2) is 21.5 Å². The third kappa shape index (κ3) is 2.79. The van der Waals surface area contributed by atoms with Crippen molar-refractivity contribution in [1.82, 2.24) is 9.97 Å². The second kappa shape index (κ2) is 5.47. The number of hydrazine groups is 1. The molecule has 0 aliphatic rings. The number of aromatic nitrogens is 2. The molecule has 1 aromatic rings. The highest BCUT2D eigenvalue weighted by molar-refractivity contribution is 5.42. The first-order chi connectivity index (χ1) is 7.69. The predicted molar refractivity (Wildman–Crippen MR) is 55.4 cm³/mol. The first-order valence-electron chi connectivity index (χ1n) is 4.23. The van der Waals surface area contributed by atoms with E-state index in [1.165, 1.54) is 0 Å². The van der Waals surface area contributed by atoms with E-state index in [2.05, 4.69) is 21.3 Å². The molecule has 0 radical (unpaired) electrons. The maximum absolute atomic E-state index is 10.6. The molecule has 3 N–H and O–H groups in total. The lowest BCUT2D eigenvalue weighted by Gasteiger charge is -2.04. The Morgan fingerprint density at radius 2 is 2.50 bits per heavy atom. The highest BCUT2D eigenvalue weighted by Crippen LogP contribution is 2.24. The number of rotatable bonds is 5. The van der Waals surface area contributed by atoms with Gasteiger partial charge in [0.25, 0.3) is 5.88 Å². The van der Waals surface area contributed by atoms with Crippen LogP contribution in [0.1, 0.15) is 6.42 Å². The van der Waals surface area contributed by atoms with Crippen LogP contribution in [0.25, 0.3) is 0 Å². The molecule has 16 heavy (non-hydrogen) atoms. The van der Waals surface area contributed by atoms with Crippen LogP contribution in [-0.2, 0) is 0 Å². The van der Waals surface area contributed by atoms with Crippen molar-refractivity contribution >= 4 is 11.6 Å². The summed E-state index contributed by atoms with van der Waals surface area (Å²) in [7, 11) is 0. The summed E-state index contributed by atoms with van der Waals surface area (Å²) in [5, 5.41) is 10.6. The molecule has 0 aromatic carbocycles. The van der Waals surface area contributed by atoms with E-state index >= 15 is 0 Å². The molecule has 0 aliphatic heterocycles. The number of hydrogen-bond donors (Lipinski definition) is 2. The molecule has 8 nitrogen and oxygen atoms in total. The van der Waals surface area contributed by atoms with Crippen LogP contribution < -0.4 is 16.0 Å². The minimum Gasteiger partial charge on any atom is -0.472 e. The Balaban J connectivity index is 2.92. The van der Waals surface area contributed by atoms with Crippen molar-refractivity contribution in [2.45, 2.75) is 6.42 Å². The maximum atomic E-state index is 10.6. The van der Waals surface area contributed by atoms with Gasteiger partial charge in [-0.3, -0.25) is 15.5 Å². The summed E-state index contributed by atoms with van der Waals surface area (Å²) in [6.45, 7) is 0.137. The number of nitrogens with zero attached hydrogens (tertiary/aromatic N) is 3. The van der Waals surface area contributed by atoms with Crippen LogP contribution in [0, 0.1) is 22.5 Å². The summed E-state index contributed by atoms with van der Waals surface area (Å²) >= 11 is 0. The molecule has 0 saturated heterocycles. The van der Waals surface area contributed by atoms with Gasteiger partial charge in [0.1, 0.15) is 12.8 Å². The van der Waals surface area contributed by atoms with Gasteiger partial charge in [-0.05, 0) is 0 Å². The van der Waals surface area contributed by atoms with E-state index in [1.807, 2.05) is 0 Å². The van der Waals surface area contributed by atoms with Crippen LogP contribution >= 0.6 is 0 Å². The fraction of sp³-hybridized carbons (Fsp3) is 0.250. The molecule has 0 bridgehead atoms. The maximum Gasteiger partial charge on any atom is 0.349 e. The van der Waals surface area contributed by atoms with E-state index in [1.54, 1.807) is 0 Å². The number of anilines is 1. The quantitative estimate of drug-likeness (QED) is 0.238. The third-order valence-electron chi connectivity index (χ3n) is 1.55. The van der Waals surface area contributed by atoms with Crippen molar-refractivity contribution in [1.29, 1.82) is 0 Å². The zero-order chi connectivity index (χ0) is 12.0. The molecule has 0 amide bonds. The van der Waals surface area contributed by atoms with Crippen LogP contribution in [0.15, 0.2) is 6.20 Å². The van der Waals surface area contributed by atoms with Gasteiger partial charge in [-0.15, -0.1) is 12.3 Å². The van der Waals surface area contributed by atoms with E-state index in [4.69, 9.17) is 17.0 Å². The normalized spacial score (nSPS) is 9.25. The van der Waals surface area contributed by atoms with Crippen molar-refractivity contribution in [3.8, 4) is 18.2 Å². The van der Waals surface area contributed by atoms with Gasteiger partial charge < -0.3 is 4.74 Å². The Labute approximate surface area is 91.0 Å². The van der Waals surface area contributed by atoms with Gasteiger partial charge in [-0.25, -0.2) is 10.8 Å². The lowest BCUT2D eigenvalue weighted by atomic mass is 10.5. The van der Waals surface area contributed by atoms with E-state index in [9.17, 15) is 10.1 Å². The summed E-state index contributed by atoms with van der Waals surface area (Å²) < 4.78 is 5.05. The van der Waals surface area contributed by atoms with E-state index in [-0.39, 0.29) is 24.1 Å². The fourth-order valence-corrected chi connectivity index (χ4v) is 0.867. The van der Waals surface area contributed by atoms with Crippen molar-refractivity contribution in [3.63, 3.8) is 0 Å². The lowest BCUT2D eigenvalue weighted by molar-refractivity contribution is -0.386. The standard InChI is InChI=1S/C8H9N5O3/c1-2-3-4-16-7-6(13(14)15)5-10-8(11-7)12-9/h1,5H,3-4,9H2,(H,10,11,12). The van der Waals surface area contributed by atoms with E-state index in [0.29, 0.717) is 6.42 Å². The Morgan fingerprint density at radius 3 is 3.06 bits per heavy atom. The number of ether oxygens (including phenoxy) is 1. The Hall–Kier alpha value is -2.40. The molecule has 0 fully saturated rings. The van der Waals surface area contributed by atoms with E-state index < -0.39 is 4.92 Å². The second-order valence-corrected chi connectivity index (χ2v) is 2.59. The first-order valence-corrected chi connectivity index (χ1v) is 4.23. The van der Waals surface area contributed by atoms with Gasteiger partial charge in [0.2, 0.25) is 5.95 Å². The van der Waals surface area contributed by atoms with Crippen LogP contribution in [0.4, 0.5) is 11.6 Å². The van der Waals surface area contributed by atoms with Crippen molar-refractivity contribution < 1.29 is 9.66 Å². The second-order valence-electron chi connectivity index (χ2n) is 2.59. The summed E-state index contributed by atoms with van der Waals surface area (Å²) in [5.74, 6) is 7.27. The van der Waals surface area contributed by atoms with Crippen molar-refractivity contribution in [2.24, 2.45) is 5.84 Å². The highest BCUT2D eigenvalue weighted by atomic mass is 16.6. The number of nitro groups is 1. The van der Waals surface area contributed by atoms with Gasteiger partial charge in [0.05, 0.1) is 4.92 Å². The van der Waals surface area contributed by atoms with E-state index in [0.717, 1.165) is 6.20 Å². The van der Waals surface area contributed by atoms with Crippen LogP contribution in [0.2, 0.25) is 0 Å². The molecular formula is C8H9N5O3. The molecule has 1 rings (SSSR count). The van der Waals surface area contributed by atoms with Crippen molar-refractivity contribution in [2.75, 3.05) is 12.0 Å². The summed E-state index contributed by atoms with van der Waals surface area (Å²) in [6, 6.07) is 0. The number of nitrogens with one attached hydrogen (secondary N) is 1. The third-order valence-corrected chi connectivity index (χ3v) is 1.55. The molecule has 0 aliphatic carbocycles. The SMILES string of the molecule is C#CCCOc1nc(NN)ncc1[N+](=O)[O-]. The summed E-state index contributed by atoms with van der Waals surface area (Å²) in [5.41, 5.74) is 1.82. The Bertz CT molecular complexity index is 428. The monoisotopic (exact) mass is 223 g/mol. The topological polar surface area (TPSA) is 116 Å². The molecule has 0 spiro atoms. The first kappa shape index (κ1) is 11.7. The van der Waals surface area contributed by atoms with Gasteiger partial charge in [0, 0.05) is 6.42 Å². The minimum absolute atomic E-state index is 0.0290. The molecule has 0 unspecified atom stereocenters. The Morgan fingerprint density at radius 1 is 1.75 bits per heavy atom. The van der Waals surface area contributed by atoms with Gasteiger partial charge in [-0.1, -0.05) is 0 Å². The number of nitrogen functional groups attached to an aromatic ring is 1. The van der Waals surface area contributed by atoms with Crippen molar-refractivity contribution in [3.05, 3.63) is 16.3 Å². The molecule has 1 heterocycles. The summed E-state index contributed by atoms with van der Waals surface area (Å²) in [4.78, 5) is 17.3. The largest absolute Gasteiger partial charge is 0.472 e. The number of terminal acetylenes is 1. The van der Waals surface area contributed by atoms with Crippen LogP contribution in [0.3, 0.4) is 0 Å². The molecular weight excluding hydrogens is 214 g/mol. The van der Waals surface area contributed by atoms with Gasteiger partial charge in [0.15, 0.2) is 0 Å². The average Bonchev–Trinajstić information content (AvgIpc) is 2.29. The minimum atomic E-state index is -0.647. The smallest absolute Gasteiger partial charge is 0.349 e. The molecule has 8 heteroatoms. The summed E-state index contributed by atoms with van der Waals surface area (Å²) in [6.07, 6.45) is 6.35. The van der Waals surface area contributed by atoms with Gasteiger partial charge in [-0.2, -0.15) is 4.98 Å². The Kier molecular flexibility index (Phi) is 3.99. The predicted octanol–water partition coefficient (Wildman–Crippen LogP) is 0.0725. The fourth-order valence-electron chi connectivity index (χ4n) is 0.867.